The number of hydrogen-bond donors (Lipinski definition) is 1. The summed E-state index contributed by atoms with van der Waals surface area (Å²) in [6, 6.07) is 8.52. The Balaban J connectivity index is 1.91. The Labute approximate surface area is 136 Å². The second-order valence-corrected chi connectivity index (χ2v) is 8.00. The first-order chi connectivity index (χ1) is 10.5. The lowest BCUT2D eigenvalue weighted by Crippen LogP contribution is -2.25. The summed E-state index contributed by atoms with van der Waals surface area (Å²) in [5.41, 5.74) is 1.14. The lowest BCUT2D eigenvalue weighted by molar-refractivity contribution is 0.271. The summed E-state index contributed by atoms with van der Waals surface area (Å²) >= 11 is 1.61. The van der Waals surface area contributed by atoms with E-state index in [1.807, 2.05) is 16.8 Å². The van der Waals surface area contributed by atoms with E-state index in [1.54, 1.807) is 35.6 Å². The Morgan fingerprint density at radius 2 is 1.91 bits per heavy atom. The van der Waals surface area contributed by atoms with Crippen LogP contribution in [0.15, 0.2) is 46.0 Å². The lowest BCUT2D eigenvalue weighted by atomic mass is 10.2. The van der Waals surface area contributed by atoms with E-state index in [4.69, 9.17) is 4.74 Å². The quantitative estimate of drug-likeness (QED) is 0.803. The molecule has 22 heavy (non-hydrogen) atoms. The minimum atomic E-state index is -3.46. The average molecular weight is 339 g/mol. The van der Waals surface area contributed by atoms with E-state index in [9.17, 15) is 8.42 Å². The summed E-state index contributed by atoms with van der Waals surface area (Å²) < 4.78 is 32.5. The number of sulfonamides is 1. The highest BCUT2D eigenvalue weighted by Gasteiger charge is 2.13. The number of benzene rings is 1. The fourth-order valence-electron chi connectivity index (χ4n) is 1.83. The van der Waals surface area contributed by atoms with Gasteiger partial charge in [-0.1, -0.05) is 13.8 Å². The Kier molecular flexibility index (Phi) is 5.99. The van der Waals surface area contributed by atoms with Crippen molar-refractivity contribution in [3.05, 3.63) is 46.7 Å². The first-order valence-electron chi connectivity index (χ1n) is 7.21. The first-order valence-corrected chi connectivity index (χ1v) is 9.63. The van der Waals surface area contributed by atoms with Crippen LogP contribution in [0.5, 0.6) is 5.75 Å². The molecule has 4 nitrogen and oxygen atoms in total. The summed E-state index contributed by atoms with van der Waals surface area (Å²) in [6.45, 7) is 5.14. The summed E-state index contributed by atoms with van der Waals surface area (Å²) in [7, 11) is -3.46. The molecule has 0 aliphatic rings. The van der Waals surface area contributed by atoms with Crippen LogP contribution in [0.2, 0.25) is 0 Å². The molecule has 1 aromatic carbocycles. The monoisotopic (exact) mass is 339 g/mol. The highest BCUT2D eigenvalue weighted by molar-refractivity contribution is 7.89. The van der Waals surface area contributed by atoms with E-state index in [1.165, 1.54) is 0 Å². The highest BCUT2D eigenvalue weighted by Crippen LogP contribution is 2.16. The molecule has 1 heterocycles. The van der Waals surface area contributed by atoms with Gasteiger partial charge in [-0.25, -0.2) is 13.1 Å². The smallest absolute Gasteiger partial charge is 0.240 e. The van der Waals surface area contributed by atoms with Gasteiger partial charge in [-0.2, -0.15) is 11.3 Å². The van der Waals surface area contributed by atoms with Crippen LogP contribution < -0.4 is 9.46 Å². The van der Waals surface area contributed by atoms with Gasteiger partial charge in [0.25, 0.3) is 0 Å². The lowest BCUT2D eigenvalue weighted by Gasteiger charge is -2.10. The number of nitrogens with one attached hydrogen (secondary N) is 1. The van der Waals surface area contributed by atoms with Gasteiger partial charge in [0.1, 0.15) is 5.75 Å². The molecule has 0 fully saturated rings. The van der Waals surface area contributed by atoms with Crippen LogP contribution in [0.4, 0.5) is 0 Å². The minimum absolute atomic E-state index is 0.259. The van der Waals surface area contributed by atoms with E-state index in [2.05, 4.69) is 18.6 Å². The molecule has 120 valence electrons. The summed E-state index contributed by atoms with van der Waals surface area (Å²) in [6.07, 6.45) is 0.693. The third kappa shape index (κ3) is 5.12. The van der Waals surface area contributed by atoms with Gasteiger partial charge < -0.3 is 4.74 Å². The molecule has 2 rings (SSSR count). The molecule has 0 amide bonds. The molecule has 0 atom stereocenters. The molecule has 0 unspecified atom stereocenters. The van der Waals surface area contributed by atoms with Gasteiger partial charge in [0, 0.05) is 6.54 Å². The van der Waals surface area contributed by atoms with E-state index >= 15 is 0 Å². The zero-order chi connectivity index (χ0) is 16.0. The summed E-state index contributed by atoms with van der Waals surface area (Å²) in [5, 5.41) is 4.01. The molecule has 0 aliphatic heterocycles. The van der Waals surface area contributed by atoms with Crippen LogP contribution in [-0.2, 0) is 16.4 Å². The van der Waals surface area contributed by atoms with Crippen molar-refractivity contribution >= 4 is 21.4 Å². The maximum Gasteiger partial charge on any atom is 0.240 e. The van der Waals surface area contributed by atoms with Crippen LogP contribution in [-0.4, -0.2) is 21.6 Å². The Bertz CT molecular complexity index is 662. The number of rotatable bonds is 8. The van der Waals surface area contributed by atoms with E-state index in [0.29, 0.717) is 31.2 Å². The molecule has 0 aliphatic carbocycles. The maximum atomic E-state index is 12.2. The standard InChI is InChI=1S/C16H21NO3S2/c1-13(2)11-20-15-3-5-16(6-4-15)22(18,19)17-9-7-14-8-10-21-12-14/h3-6,8,10,12-13,17H,7,9,11H2,1-2H3. The largest absolute Gasteiger partial charge is 0.493 e. The fraction of sp³-hybridized carbons (Fsp3) is 0.375. The second-order valence-electron chi connectivity index (χ2n) is 5.46. The highest BCUT2D eigenvalue weighted by atomic mass is 32.2. The molecule has 0 saturated heterocycles. The van der Waals surface area contributed by atoms with Crippen molar-refractivity contribution in [3.8, 4) is 5.75 Å². The second kappa shape index (κ2) is 7.76. The molecule has 6 heteroatoms. The van der Waals surface area contributed by atoms with E-state index in [-0.39, 0.29) is 4.90 Å². The van der Waals surface area contributed by atoms with Crippen molar-refractivity contribution in [3.63, 3.8) is 0 Å². The Morgan fingerprint density at radius 1 is 1.18 bits per heavy atom. The summed E-state index contributed by atoms with van der Waals surface area (Å²) in [4.78, 5) is 0.259. The van der Waals surface area contributed by atoms with Crippen molar-refractivity contribution in [2.75, 3.05) is 13.2 Å². The normalized spacial score (nSPS) is 11.8. The van der Waals surface area contributed by atoms with Crippen LogP contribution >= 0.6 is 11.3 Å². The topological polar surface area (TPSA) is 55.4 Å². The van der Waals surface area contributed by atoms with Gasteiger partial charge in [0.05, 0.1) is 11.5 Å². The molecular weight excluding hydrogens is 318 g/mol. The van der Waals surface area contributed by atoms with Gasteiger partial charge >= 0.3 is 0 Å². The third-order valence-electron chi connectivity index (χ3n) is 3.00. The van der Waals surface area contributed by atoms with Crippen LogP contribution in [0, 0.1) is 5.92 Å². The van der Waals surface area contributed by atoms with Crippen molar-refractivity contribution in [2.24, 2.45) is 5.92 Å². The van der Waals surface area contributed by atoms with Crippen molar-refractivity contribution < 1.29 is 13.2 Å². The van der Waals surface area contributed by atoms with Crippen molar-refractivity contribution in [2.45, 2.75) is 25.2 Å². The fourth-order valence-corrected chi connectivity index (χ4v) is 3.56. The van der Waals surface area contributed by atoms with Gasteiger partial charge in [-0.3, -0.25) is 0 Å². The minimum Gasteiger partial charge on any atom is -0.493 e. The van der Waals surface area contributed by atoms with Gasteiger partial charge in [-0.15, -0.1) is 0 Å². The number of hydrogen-bond acceptors (Lipinski definition) is 4. The Morgan fingerprint density at radius 3 is 2.50 bits per heavy atom. The van der Waals surface area contributed by atoms with E-state index < -0.39 is 10.0 Å². The first kappa shape index (κ1) is 17.0. The molecule has 1 aromatic heterocycles. The SMILES string of the molecule is CC(C)COc1ccc(S(=O)(=O)NCCc2ccsc2)cc1. The van der Waals surface area contributed by atoms with Crippen LogP contribution in [0.25, 0.3) is 0 Å². The zero-order valence-corrected chi connectivity index (χ0v) is 14.4. The van der Waals surface area contributed by atoms with E-state index in [0.717, 1.165) is 5.56 Å². The maximum absolute atomic E-state index is 12.2. The zero-order valence-electron chi connectivity index (χ0n) is 12.8. The number of ether oxygens (including phenoxy) is 1. The van der Waals surface area contributed by atoms with Crippen molar-refractivity contribution in [1.29, 1.82) is 0 Å². The number of thiophene rings is 1. The molecule has 0 saturated carbocycles. The molecular formula is C16H21NO3S2. The van der Waals surface area contributed by atoms with Crippen LogP contribution in [0.3, 0.4) is 0 Å². The van der Waals surface area contributed by atoms with Gasteiger partial charge in [-0.05, 0) is 59.0 Å². The van der Waals surface area contributed by atoms with Crippen molar-refractivity contribution in [1.82, 2.24) is 4.72 Å². The van der Waals surface area contributed by atoms with Crippen LogP contribution in [0.1, 0.15) is 19.4 Å². The molecule has 0 spiro atoms. The predicted molar refractivity (Wildman–Crippen MR) is 90.0 cm³/mol. The molecule has 0 bridgehead atoms. The molecule has 2 aromatic rings. The van der Waals surface area contributed by atoms with Gasteiger partial charge in [0.2, 0.25) is 10.0 Å². The predicted octanol–water partition coefficient (Wildman–Crippen LogP) is 3.30. The molecule has 0 radical (unpaired) electrons. The average Bonchev–Trinajstić information content (AvgIpc) is 2.98. The Hall–Kier alpha value is -1.37. The summed E-state index contributed by atoms with van der Waals surface area (Å²) in [5.74, 6) is 1.12. The third-order valence-corrected chi connectivity index (χ3v) is 5.21. The van der Waals surface area contributed by atoms with Gasteiger partial charge in [0.15, 0.2) is 0 Å². The molecule has 1 N–H and O–H groups in total.